The van der Waals surface area contributed by atoms with Gasteiger partial charge in [0.1, 0.15) is 0 Å². The monoisotopic (exact) mass is 481 g/mol. The maximum atomic E-state index is 13.2. The SMILES string of the molecule is CN(C(=O)c1ccc(-c2cncc(B3OC(C)(C)C(C)(C)O3)c2)cc1)c1cccc(-n2ccnn2)c1. The Balaban J connectivity index is 1.34. The number of nitrogens with zero attached hydrogens (tertiary/aromatic N) is 5. The molecule has 0 spiro atoms. The lowest BCUT2D eigenvalue weighted by Crippen LogP contribution is -2.41. The van der Waals surface area contributed by atoms with Crippen molar-refractivity contribution >= 4 is 24.2 Å². The highest BCUT2D eigenvalue weighted by atomic mass is 16.7. The standard InChI is InChI=1S/C27H28BN5O3/c1-26(2)27(3,4)36-28(35-26)22-15-21(17-29-18-22)19-9-11-20(12-10-19)25(34)32(5)23-7-6-8-24(16-23)33-14-13-30-31-33/h6-18H,1-5H3. The molecule has 2 aromatic heterocycles. The lowest BCUT2D eigenvalue weighted by atomic mass is 9.79. The Hall–Kier alpha value is -3.82. The molecule has 0 aliphatic carbocycles. The summed E-state index contributed by atoms with van der Waals surface area (Å²) in [5, 5.41) is 7.86. The van der Waals surface area contributed by atoms with E-state index in [2.05, 4.69) is 15.3 Å². The maximum absolute atomic E-state index is 13.2. The highest BCUT2D eigenvalue weighted by Crippen LogP contribution is 2.36. The molecule has 5 rings (SSSR count). The predicted molar refractivity (Wildman–Crippen MR) is 139 cm³/mol. The third-order valence-corrected chi connectivity index (χ3v) is 6.96. The van der Waals surface area contributed by atoms with Crippen LogP contribution in [0.3, 0.4) is 0 Å². The molecule has 36 heavy (non-hydrogen) atoms. The van der Waals surface area contributed by atoms with Gasteiger partial charge in [0.25, 0.3) is 5.91 Å². The zero-order valence-corrected chi connectivity index (χ0v) is 21.0. The molecule has 1 amide bonds. The van der Waals surface area contributed by atoms with Gasteiger partial charge in [0.15, 0.2) is 0 Å². The molecule has 0 N–H and O–H groups in total. The first-order valence-corrected chi connectivity index (χ1v) is 11.8. The molecule has 3 heterocycles. The van der Waals surface area contributed by atoms with Crippen LogP contribution >= 0.6 is 0 Å². The van der Waals surface area contributed by atoms with Gasteiger partial charge in [-0.05, 0) is 69.2 Å². The first-order valence-electron chi connectivity index (χ1n) is 11.8. The minimum Gasteiger partial charge on any atom is -0.399 e. The van der Waals surface area contributed by atoms with Crippen molar-refractivity contribution in [1.82, 2.24) is 20.0 Å². The lowest BCUT2D eigenvalue weighted by Gasteiger charge is -2.32. The van der Waals surface area contributed by atoms with Gasteiger partial charge in [-0.1, -0.05) is 29.5 Å². The fraction of sp³-hybridized carbons (Fsp3) is 0.259. The summed E-state index contributed by atoms with van der Waals surface area (Å²) >= 11 is 0. The van der Waals surface area contributed by atoms with Gasteiger partial charge < -0.3 is 14.2 Å². The second-order valence-electron chi connectivity index (χ2n) is 9.90. The summed E-state index contributed by atoms with van der Waals surface area (Å²) in [6.07, 6.45) is 6.94. The van der Waals surface area contributed by atoms with Crippen LogP contribution in [-0.4, -0.2) is 51.3 Å². The van der Waals surface area contributed by atoms with Crippen molar-refractivity contribution in [2.45, 2.75) is 38.9 Å². The highest BCUT2D eigenvalue weighted by molar-refractivity contribution is 6.62. The summed E-state index contributed by atoms with van der Waals surface area (Å²) in [6, 6.07) is 17.1. The molecule has 0 saturated carbocycles. The maximum Gasteiger partial charge on any atom is 0.496 e. The predicted octanol–water partition coefficient (Wildman–Crippen LogP) is 3.91. The Morgan fingerprint density at radius 3 is 2.33 bits per heavy atom. The molecule has 182 valence electrons. The molecular weight excluding hydrogens is 453 g/mol. The van der Waals surface area contributed by atoms with Crippen molar-refractivity contribution in [3.8, 4) is 16.8 Å². The Morgan fingerprint density at radius 2 is 1.67 bits per heavy atom. The Labute approximate surface area is 211 Å². The number of rotatable bonds is 5. The van der Waals surface area contributed by atoms with E-state index in [4.69, 9.17) is 9.31 Å². The molecule has 1 saturated heterocycles. The zero-order valence-electron chi connectivity index (χ0n) is 21.0. The molecule has 9 heteroatoms. The van der Waals surface area contributed by atoms with E-state index in [1.54, 1.807) is 41.4 Å². The second-order valence-corrected chi connectivity index (χ2v) is 9.90. The fourth-order valence-electron chi connectivity index (χ4n) is 4.03. The molecule has 0 radical (unpaired) electrons. The summed E-state index contributed by atoms with van der Waals surface area (Å²) < 4.78 is 14.0. The van der Waals surface area contributed by atoms with Gasteiger partial charge in [-0.3, -0.25) is 9.78 Å². The largest absolute Gasteiger partial charge is 0.496 e. The van der Waals surface area contributed by atoms with Gasteiger partial charge in [-0.2, -0.15) is 0 Å². The van der Waals surface area contributed by atoms with Gasteiger partial charge >= 0.3 is 7.12 Å². The molecule has 2 aromatic carbocycles. The van der Waals surface area contributed by atoms with Crippen molar-refractivity contribution in [2.75, 3.05) is 11.9 Å². The summed E-state index contributed by atoms with van der Waals surface area (Å²) in [4.78, 5) is 19.2. The average molecular weight is 481 g/mol. The molecule has 0 unspecified atom stereocenters. The summed E-state index contributed by atoms with van der Waals surface area (Å²) in [5.41, 5.74) is 4.07. The molecule has 4 aromatic rings. The summed E-state index contributed by atoms with van der Waals surface area (Å²) in [7, 11) is 1.28. The number of hydrogen-bond donors (Lipinski definition) is 0. The number of carbonyl (C=O) groups is 1. The number of benzene rings is 2. The first-order chi connectivity index (χ1) is 17.1. The van der Waals surface area contributed by atoms with Crippen LogP contribution in [0.2, 0.25) is 0 Å². The van der Waals surface area contributed by atoms with Crippen molar-refractivity contribution in [3.63, 3.8) is 0 Å². The molecule has 0 atom stereocenters. The van der Waals surface area contributed by atoms with Crippen LogP contribution in [0, 0.1) is 0 Å². The van der Waals surface area contributed by atoms with E-state index in [0.717, 1.165) is 28.0 Å². The molecule has 0 bridgehead atoms. The van der Waals surface area contributed by atoms with Gasteiger partial charge in [-0.15, -0.1) is 5.10 Å². The van der Waals surface area contributed by atoms with Crippen molar-refractivity contribution in [3.05, 3.63) is 84.9 Å². The van der Waals surface area contributed by atoms with E-state index in [0.29, 0.717) is 5.56 Å². The van der Waals surface area contributed by atoms with Gasteiger partial charge in [0.2, 0.25) is 0 Å². The quantitative estimate of drug-likeness (QED) is 0.402. The Morgan fingerprint density at radius 1 is 0.944 bits per heavy atom. The summed E-state index contributed by atoms with van der Waals surface area (Å²) in [6.45, 7) is 8.12. The topological polar surface area (TPSA) is 82.4 Å². The highest BCUT2D eigenvalue weighted by Gasteiger charge is 2.51. The van der Waals surface area contributed by atoms with Crippen LogP contribution in [-0.2, 0) is 9.31 Å². The zero-order chi connectivity index (χ0) is 25.5. The van der Waals surface area contributed by atoms with Crippen LogP contribution < -0.4 is 10.4 Å². The van der Waals surface area contributed by atoms with E-state index in [1.165, 1.54) is 0 Å². The van der Waals surface area contributed by atoms with Crippen molar-refractivity contribution in [1.29, 1.82) is 0 Å². The van der Waals surface area contributed by atoms with Crippen LogP contribution in [0.1, 0.15) is 38.1 Å². The number of aromatic nitrogens is 4. The fourth-order valence-corrected chi connectivity index (χ4v) is 4.03. The second kappa shape index (κ2) is 9.00. The molecular formula is C27H28BN5O3. The van der Waals surface area contributed by atoms with Crippen LogP contribution in [0.15, 0.2) is 79.4 Å². The number of pyridine rings is 1. The number of carbonyl (C=O) groups excluding carboxylic acids is 1. The van der Waals surface area contributed by atoms with Crippen molar-refractivity contribution in [2.24, 2.45) is 0 Å². The minimum atomic E-state index is -0.481. The number of anilines is 1. The third-order valence-electron chi connectivity index (χ3n) is 6.96. The van der Waals surface area contributed by atoms with Crippen molar-refractivity contribution < 1.29 is 14.1 Å². The van der Waals surface area contributed by atoms with Crippen LogP contribution in [0.25, 0.3) is 16.8 Å². The molecule has 1 aliphatic rings. The van der Waals surface area contributed by atoms with E-state index in [-0.39, 0.29) is 5.91 Å². The Bertz CT molecular complexity index is 1370. The van der Waals surface area contributed by atoms with Crippen LogP contribution in [0.5, 0.6) is 0 Å². The number of hydrogen-bond acceptors (Lipinski definition) is 6. The minimum absolute atomic E-state index is 0.110. The molecule has 1 aliphatic heterocycles. The van der Waals surface area contributed by atoms with E-state index in [9.17, 15) is 4.79 Å². The van der Waals surface area contributed by atoms with E-state index >= 15 is 0 Å². The van der Waals surface area contributed by atoms with Gasteiger partial charge in [0.05, 0.1) is 29.3 Å². The van der Waals surface area contributed by atoms with Crippen LogP contribution in [0.4, 0.5) is 5.69 Å². The van der Waals surface area contributed by atoms with E-state index in [1.807, 2.05) is 82.3 Å². The molecule has 1 fully saturated rings. The molecule has 8 nitrogen and oxygen atoms in total. The van der Waals surface area contributed by atoms with Gasteiger partial charge in [0, 0.05) is 36.2 Å². The van der Waals surface area contributed by atoms with Gasteiger partial charge in [-0.25, -0.2) is 4.68 Å². The number of amides is 1. The smallest absolute Gasteiger partial charge is 0.399 e. The lowest BCUT2D eigenvalue weighted by molar-refractivity contribution is 0.00578. The van der Waals surface area contributed by atoms with E-state index < -0.39 is 18.3 Å². The average Bonchev–Trinajstić information content (AvgIpc) is 3.49. The summed E-state index contributed by atoms with van der Waals surface area (Å²) in [5.74, 6) is -0.110. The Kier molecular flexibility index (Phi) is 5.98. The normalized spacial score (nSPS) is 16.2. The third kappa shape index (κ3) is 4.43. The first kappa shape index (κ1) is 23.9.